The van der Waals surface area contributed by atoms with E-state index in [2.05, 4.69) is 21.7 Å². The maximum atomic E-state index is 13.1. The summed E-state index contributed by atoms with van der Waals surface area (Å²) in [6, 6.07) is 15.5. The van der Waals surface area contributed by atoms with Crippen molar-refractivity contribution in [1.82, 2.24) is 19.0 Å². The van der Waals surface area contributed by atoms with Crippen molar-refractivity contribution in [2.75, 3.05) is 13.1 Å². The Morgan fingerprint density at radius 2 is 1.87 bits per heavy atom. The number of fused-ring (bicyclic) bond motifs is 2. The largest absolute Gasteiger partial charge is 0.350 e. The average Bonchev–Trinajstić information content (AvgIpc) is 3.10. The van der Waals surface area contributed by atoms with Gasteiger partial charge in [-0.25, -0.2) is 4.98 Å². The van der Waals surface area contributed by atoms with Gasteiger partial charge in [0.05, 0.1) is 29.7 Å². The van der Waals surface area contributed by atoms with Crippen molar-refractivity contribution in [3.8, 4) is 0 Å². The van der Waals surface area contributed by atoms with Crippen molar-refractivity contribution in [2.24, 2.45) is 7.05 Å². The van der Waals surface area contributed by atoms with E-state index < -0.39 is 0 Å². The molecule has 5 rings (SSSR count). The van der Waals surface area contributed by atoms with Gasteiger partial charge in [-0.05, 0) is 36.6 Å². The second-order valence-corrected chi connectivity index (χ2v) is 8.07. The predicted molar refractivity (Wildman–Crippen MR) is 117 cm³/mol. The molecule has 6 heteroatoms. The van der Waals surface area contributed by atoms with E-state index in [1.165, 1.54) is 0 Å². The summed E-state index contributed by atoms with van der Waals surface area (Å²) in [5.41, 5.74) is 2.85. The minimum absolute atomic E-state index is 0.0334. The molecule has 0 bridgehead atoms. The van der Waals surface area contributed by atoms with Crippen LogP contribution in [-0.2, 0) is 18.3 Å². The quantitative estimate of drug-likeness (QED) is 0.530. The van der Waals surface area contributed by atoms with Gasteiger partial charge in [0.1, 0.15) is 0 Å². The van der Waals surface area contributed by atoms with Crippen LogP contribution in [0.5, 0.6) is 0 Å². The number of benzene rings is 2. The van der Waals surface area contributed by atoms with Crippen LogP contribution in [0.1, 0.15) is 24.4 Å². The molecule has 30 heavy (non-hydrogen) atoms. The molecule has 0 aliphatic carbocycles. The molecular formula is C24H24N4O2. The molecule has 1 atom stereocenters. The van der Waals surface area contributed by atoms with E-state index in [4.69, 9.17) is 0 Å². The van der Waals surface area contributed by atoms with Gasteiger partial charge < -0.3 is 9.47 Å². The van der Waals surface area contributed by atoms with Crippen LogP contribution in [0.3, 0.4) is 0 Å². The molecule has 0 radical (unpaired) electrons. The van der Waals surface area contributed by atoms with Gasteiger partial charge in [-0.3, -0.25) is 14.2 Å². The second kappa shape index (κ2) is 7.44. The van der Waals surface area contributed by atoms with Crippen molar-refractivity contribution >= 4 is 27.7 Å². The van der Waals surface area contributed by atoms with Gasteiger partial charge in [0.2, 0.25) is 5.91 Å². The molecule has 1 fully saturated rings. The standard InChI is InChI=1S/C24H24N4O2/c1-26-14-17(19-8-3-5-11-22(19)26)13-23(29)27-12-6-7-18(15-27)28-16-25-21-10-4-2-9-20(21)24(28)30/h2-5,8-11,14,16,18H,6-7,12-13,15H2,1H3/t18-/m1/s1. The van der Waals surface area contributed by atoms with Crippen LogP contribution < -0.4 is 5.56 Å². The fourth-order valence-electron chi connectivity index (χ4n) is 4.59. The SMILES string of the molecule is Cn1cc(CC(=O)N2CCC[C@@H](n3cnc4ccccc4c3=O)C2)c2ccccc21. The summed E-state index contributed by atoms with van der Waals surface area (Å²) < 4.78 is 3.77. The number of rotatable bonds is 3. The zero-order valence-corrected chi connectivity index (χ0v) is 17.0. The van der Waals surface area contributed by atoms with Crippen molar-refractivity contribution < 1.29 is 4.79 Å². The first-order valence-corrected chi connectivity index (χ1v) is 10.4. The summed E-state index contributed by atoms with van der Waals surface area (Å²) in [5.74, 6) is 0.109. The Morgan fingerprint density at radius 1 is 1.10 bits per heavy atom. The molecule has 1 aliphatic rings. The molecule has 4 aromatic rings. The monoisotopic (exact) mass is 400 g/mol. The number of aryl methyl sites for hydroxylation is 1. The number of amides is 1. The Labute approximate surface area is 174 Å². The van der Waals surface area contributed by atoms with Gasteiger partial charge in [-0.2, -0.15) is 0 Å². The third-order valence-electron chi connectivity index (χ3n) is 6.15. The number of nitrogens with zero attached hydrogens (tertiary/aromatic N) is 4. The van der Waals surface area contributed by atoms with Gasteiger partial charge in [0.15, 0.2) is 0 Å². The molecular weight excluding hydrogens is 376 g/mol. The minimum atomic E-state index is -0.0418. The lowest BCUT2D eigenvalue weighted by molar-refractivity contribution is -0.132. The number of carbonyl (C=O) groups is 1. The molecule has 0 N–H and O–H groups in total. The number of piperidine rings is 1. The third kappa shape index (κ3) is 3.18. The Balaban J connectivity index is 1.38. The van der Waals surface area contributed by atoms with Crippen LogP contribution in [0.15, 0.2) is 65.8 Å². The number of hydrogen-bond acceptors (Lipinski definition) is 3. The second-order valence-electron chi connectivity index (χ2n) is 8.07. The van der Waals surface area contributed by atoms with Crippen molar-refractivity contribution in [3.63, 3.8) is 0 Å². The molecule has 2 aromatic heterocycles. The summed E-state index contributed by atoms with van der Waals surface area (Å²) in [5, 5.41) is 1.75. The van der Waals surface area contributed by atoms with E-state index in [1.54, 1.807) is 10.9 Å². The van der Waals surface area contributed by atoms with Crippen molar-refractivity contribution in [1.29, 1.82) is 0 Å². The topological polar surface area (TPSA) is 60.1 Å². The molecule has 2 aromatic carbocycles. The van der Waals surface area contributed by atoms with Crippen molar-refractivity contribution in [3.05, 3.63) is 77.0 Å². The van der Waals surface area contributed by atoms with Crippen LogP contribution in [0.25, 0.3) is 21.8 Å². The van der Waals surface area contributed by atoms with Crippen LogP contribution in [0, 0.1) is 0 Å². The van der Waals surface area contributed by atoms with E-state index in [0.29, 0.717) is 23.9 Å². The molecule has 6 nitrogen and oxygen atoms in total. The Hall–Kier alpha value is -3.41. The zero-order valence-electron chi connectivity index (χ0n) is 17.0. The molecule has 0 saturated carbocycles. The molecule has 0 spiro atoms. The minimum Gasteiger partial charge on any atom is -0.350 e. The molecule has 1 aliphatic heterocycles. The number of hydrogen-bond donors (Lipinski definition) is 0. The third-order valence-corrected chi connectivity index (χ3v) is 6.15. The van der Waals surface area contributed by atoms with Crippen molar-refractivity contribution in [2.45, 2.75) is 25.3 Å². The highest BCUT2D eigenvalue weighted by atomic mass is 16.2. The number of likely N-dealkylation sites (tertiary alicyclic amines) is 1. The van der Waals surface area contributed by atoms with Crippen LogP contribution in [-0.4, -0.2) is 38.0 Å². The van der Waals surface area contributed by atoms with Crippen LogP contribution >= 0.6 is 0 Å². The lowest BCUT2D eigenvalue weighted by Crippen LogP contribution is -2.43. The first kappa shape index (κ1) is 18.6. The normalized spacial score (nSPS) is 17.0. The highest BCUT2D eigenvalue weighted by molar-refractivity contribution is 5.89. The molecule has 1 amide bonds. The molecule has 0 unspecified atom stereocenters. The van der Waals surface area contributed by atoms with Gasteiger partial charge in [-0.15, -0.1) is 0 Å². The summed E-state index contributed by atoms with van der Waals surface area (Å²) in [6.07, 6.45) is 5.80. The lowest BCUT2D eigenvalue weighted by Gasteiger charge is -2.33. The van der Waals surface area contributed by atoms with Gasteiger partial charge in [0.25, 0.3) is 5.56 Å². The molecule has 1 saturated heterocycles. The molecule has 3 heterocycles. The number of carbonyl (C=O) groups excluding carboxylic acids is 1. The van der Waals surface area contributed by atoms with Gasteiger partial charge >= 0.3 is 0 Å². The number of para-hydroxylation sites is 2. The van der Waals surface area contributed by atoms with E-state index in [1.807, 2.05) is 54.5 Å². The fourth-order valence-corrected chi connectivity index (χ4v) is 4.59. The zero-order chi connectivity index (χ0) is 20.7. The highest BCUT2D eigenvalue weighted by Crippen LogP contribution is 2.24. The Morgan fingerprint density at radius 3 is 2.73 bits per heavy atom. The van der Waals surface area contributed by atoms with E-state index in [9.17, 15) is 9.59 Å². The van der Waals surface area contributed by atoms with Gasteiger partial charge in [-0.1, -0.05) is 30.3 Å². The summed E-state index contributed by atoms with van der Waals surface area (Å²) in [4.78, 5) is 32.4. The summed E-state index contributed by atoms with van der Waals surface area (Å²) in [7, 11) is 2.01. The molecule has 152 valence electrons. The highest BCUT2D eigenvalue weighted by Gasteiger charge is 2.26. The van der Waals surface area contributed by atoms with E-state index in [-0.39, 0.29) is 17.5 Å². The first-order valence-electron chi connectivity index (χ1n) is 10.4. The predicted octanol–water partition coefficient (Wildman–Crippen LogP) is 3.29. The van der Waals surface area contributed by atoms with Crippen LogP contribution in [0.2, 0.25) is 0 Å². The van der Waals surface area contributed by atoms with Crippen LogP contribution in [0.4, 0.5) is 0 Å². The number of aromatic nitrogens is 3. The Bertz CT molecular complexity index is 1300. The fraction of sp³-hybridized carbons (Fsp3) is 0.292. The Kier molecular flexibility index (Phi) is 4.62. The summed E-state index contributed by atoms with van der Waals surface area (Å²) in [6.45, 7) is 1.28. The maximum Gasteiger partial charge on any atom is 0.261 e. The van der Waals surface area contributed by atoms with E-state index in [0.717, 1.165) is 35.9 Å². The van der Waals surface area contributed by atoms with E-state index >= 15 is 0 Å². The smallest absolute Gasteiger partial charge is 0.261 e. The lowest BCUT2D eigenvalue weighted by atomic mass is 10.0. The van der Waals surface area contributed by atoms with Gasteiger partial charge in [0, 0.05) is 37.2 Å². The first-order chi connectivity index (χ1) is 14.6. The summed E-state index contributed by atoms with van der Waals surface area (Å²) >= 11 is 0. The maximum absolute atomic E-state index is 13.1. The average molecular weight is 400 g/mol.